The van der Waals surface area contributed by atoms with Gasteiger partial charge in [0, 0.05) is 19.1 Å². The lowest BCUT2D eigenvalue weighted by molar-refractivity contribution is -0.131. The fourth-order valence-electron chi connectivity index (χ4n) is 3.02. The minimum absolute atomic E-state index is 0.0667. The predicted octanol–water partition coefficient (Wildman–Crippen LogP) is 1.24. The van der Waals surface area contributed by atoms with Gasteiger partial charge >= 0.3 is 6.03 Å². The molecular weight excluding hydrogens is 308 g/mol. The summed E-state index contributed by atoms with van der Waals surface area (Å²) in [5, 5.41) is 7.94. The number of urea groups is 1. The van der Waals surface area contributed by atoms with Crippen molar-refractivity contribution in [3.05, 3.63) is 0 Å². The minimum Gasteiger partial charge on any atom is -0.353 e. The Morgan fingerprint density at radius 3 is 2.54 bits per heavy atom. The van der Waals surface area contributed by atoms with Crippen LogP contribution in [0, 0.1) is 5.92 Å². The number of rotatable bonds is 7. The molecule has 0 aromatic rings. The molecule has 0 aromatic heterocycles. The highest BCUT2D eigenvalue weighted by Crippen LogP contribution is 2.19. The van der Waals surface area contributed by atoms with Crippen molar-refractivity contribution in [1.29, 1.82) is 0 Å². The van der Waals surface area contributed by atoms with Gasteiger partial charge in [-0.05, 0) is 46.6 Å². The molecule has 1 saturated heterocycles. The van der Waals surface area contributed by atoms with Gasteiger partial charge in [-0.3, -0.25) is 19.8 Å². The maximum atomic E-state index is 12.4. The average molecular weight is 340 g/mol. The topological polar surface area (TPSA) is 90.5 Å². The van der Waals surface area contributed by atoms with Gasteiger partial charge in [0.15, 0.2) is 0 Å². The lowest BCUT2D eigenvalue weighted by atomic mass is 9.95. The number of amides is 4. The molecule has 0 aromatic carbocycles. The Kier molecular flexibility index (Phi) is 8.74. The van der Waals surface area contributed by atoms with Crippen LogP contribution in [0.5, 0.6) is 0 Å². The van der Waals surface area contributed by atoms with Crippen molar-refractivity contribution in [2.24, 2.45) is 5.92 Å². The highest BCUT2D eigenvalue weighted by molar-refractivity contribution is 5.96. The van der Waals surface area contributed by atoms with E-state index in [4.69, 9.17) is 0 Å². The van der Waals surface area contributed by atoms with E-state index in [1.165, 1.54) is 0 Å². The van der Waals surface area contributed by atoms with Gasteiger partial charge in [0.1, 0.15) is 0 Å². The first-order chi connectivity index (χ1) is 11.4. The van der Waals surface area contributed by atoms with Crippen LogP contribution in [0.3, 0.4) is 0 Å². The maximum absolute atomic E-state index is 12.4. The van der Waals surface area contributed by atoms with Crippen molar-refractivity contribution in [2.45, 2.75) is 65.5 Å². The third-order valence-corrected chi connectivity index (χ3v) is 4.44. The van der Waals surface area contributed by atoms with Crippen LogP contribution in [0.1, 0.15) is 53.4 Å². The van der Waals surface area contributed by atoms with E-state index in [-0.39, 0.29) is 23.8 Å². The van der Waals surface area contributed by atoms with Crippen molar-refractivity contribution in [3.8, 4) is 0 Å². The summed E-state index contributed by atoms with van der Waals surface area (Å²) in [6.07, 6.45) is 3.72. The minimum atomic E-state index is -0.478. The highest BCUT2D eigenvalue weighted by atomic mass is 16.2. The summed E-state index contributed by atoms with van der Waals surface area (Å²) in [4.78, 5) is 38.0. The molecule has 1 fully saturated rings. The van der Waals surface area contributed by atoms with Crippen LogP contribution in [0.4, 0.5) is 4.79 Å². The standard InChI is InChI=1S/C17H32N4O3/c1-5-8-12(3)19-16(23)14-9-7-10-21(11-14)13(4)15(22)20-17(24)18-6-2/h12-14H,5-11H2,1-4H3,(H,19,23)(H2,18,20,22,24)/t12-,13+,14+/m0/s1. The summed E-state index contributed by atoms with van der Waals surface area (Å²) in [5.74, 6) is -0.365. The molecule has 0 saturated carbocycles. The summed E-state index contributed by atoms with van der Waals surface area (Å²) in [5.41, 5.74) is 0. The van der Waals surface area contributed by atoms with Crippen LogP contribution in [0.25, 0.3) is 0 Å². The predicted molar refractivity (Wildman–Crippen MR) is 93.5 cm³/mol. The van der Waals surface area contributed by atoms with Crippen LogP contribution in [-0.4, -0.2) is 54.5 Å². The molecule has 1 aliphatic rings. The van der Waals surface area contributed by atoms with E-state index in [9.17, 15) is 14.4 Å². The van der Waals surface area contributed by atoms with Crippen LogP contribution in [0.15, 0.2) is 0 Å². The van der Waals surface area contributed by atoms with E-state index in [1.54, 1.807) is 13.8 Å². The van der Waals surface area contributed by atoms with Gasteiger partial charge in [-0.25, -0.2) is 4.79 Å². The van der Waals surface area contributed by atoms with Crippen LogP contribution in [-0.2, 0) is 9.59 Å². The first kappa shape index (κ1) is 20.4. The van der Waals surface area contributed by atoms with Crippen molar-refractivity contribution in [3.63, 3.8) is 0 Å². The Hall–Kier alpha value is -1.63. The summed E-state index contributed by atoms with van der Waals surface area (Å²) < 4.78 is 0. The zero-order valence-corrected chi connectivity index (χ0v) is 15.4. The molecule has 0 unspecified atom stereocenters. The van der Waals surface area contributed by atoms with Gasteiger partial charge in [0.05, 0.1) is 12.0 Å². The second-order valence-electron chi connectivity index (χ2n) is 6.56. The van der Waals surface area contributed by atoms with Crippen LogP contribution < -0.4 is 16.0 Å². The number of carbonyl (C=O) groups is 3. The van der Waals surface area contributed by atoms with Gasteiger partial charge in [-0.15, -0.1) is 0 Å². The highest BCUT2D eigenvalue weighted by Gasteiger charge is 2.31. The molecule has 7 nitrogen and oxygen atoms in total. The molecule has 0 radical (unpaired) electrons. The summed E-state index contributed by atoms with van der Waals surface area (Å²) >= 11 is 0. The third kappa shape index (κ3) is 6.47. The second-order valence-corrected chi connectivity index (χ2v) is 6.56. The monoisotopic (exact) mass is 340 g/mol. The number of hydrogen-bond acceptors (Lipinski definition) is 4. The van der Waals surface area contributed by atoms with Gasteiger partial charge in [-0.1, -0.05) is 13.3 Å². The smallest absolute Gasteiger partial charge is 0.321 e. The van der Waals surface area contributed by atoms with Crippen LogP contribution >= 0.6 is 0 Å². The number of likely N-dealkylation sites (tertiary alicyclic amines) is 1. The summed E-state index contributed by atoms with van der Waals surface area (Å²) in [7, 11) is 0. The Bertz CT molecular complexity index is 442. The molecule has 1 rings (SSSR count). The molecule has 4 amide bonds. The Labute approximate surface area is 144 Å². The molecule has 1 aliphatic heterocycles. The first-order valence-electron chi connectivity index (χ1n) is 9.02. The second kappa shape index (κ2) is 10.3. The molecule has 24 heavy (non-hydrogen) atoms. The van der Waals surface area contributed by atoms with E-state index in [0.29, 0.717) is 13.1 Å². The molecule has 0 bridgehead atoms. The van der Waals surface area contributed by atoms with Gasteiger partial charge in [0.2, 0.25) is 11.8 Å². The fourth-order valence-corrected chi connectivity index (χ4v) is 3.02. The number of carbonyl (C=O) groups excluding carboxylic acids is 3. The van der Waals surface area contributed by atoms with Gasteiger partial charge < -0.3 is 10.6 Å². The largest absolute Gasteiger partial charge is 0.353 e. The molecule has 0 spiro atoms. The normalized spacial score (nSPS) is 20.8. The van der Waals surface area contributed by atoms with Gasteiger partial charge in [-0.2, -0.15) is 0 Å². The fraction of sp³-hybridized carbons (Fsp3) is 0.824. The quantitative estimate of drug-likeness (QED) is 0.650. The van der Waals surface area contributed by atoms with Crippen molar-refractivity contribution in [1.82, 2.24) is 20.9 Å². The number of nitrogens with one attached hydrogen (secondary N) is 3. The Balaban J connectivity index is 2.53. The Morgan fingerprint density at radius 2 is 1.92 bits per heavy atom. The molecule has 1 heterocycles. The van der Waals surface area contributed by atoms with Crippen LogP contribution in [0.2, 0.25) is 0 Å². The number of piperidine rings is 1. The molecule has 0 aliphatic carbocycles. The molecule has 3 atom stereocenters. The number of imide groups is 1. The molecule has 3 N–H and O–H groups in total. The summed E-state index contributed by atoms with van der Waals surface area (Å²) in [6, 6.07) is -0.735. The van der Waals surface area contributed by atoms with E-state index < -0.39 is 12.1 Å². The Morgan fingerprint density at radius 1 is 1.21 bits per heavy atom. The number of nitrogens with zero attached hydrogens (tertiary/aromatic N) is 1. The van der Waals surface area contributed by atoms with E-state index >= 15 is 0 Å². The van der Waals surface area contributed by atoms with Crippen molar-refractivity contribution >= 4 is 17.8 Å². The maximum Gasteiger partial charge on any atom is 0.321 e. The first-order valence-corrected chi connectivity index (χ1v) is 9.02. The van der Waals surface area contributed by atoms with E-state index in [2.05, 4.69) is 22.9 Å². The summed E-state index contributed by atoms with van der Waals surface area (Å²) in [6.45, 7) is 9.46. The van der Waals surface area contributed by atoms with E-state index in [0.717, 1.165) is 32.2 Å². The van der Waals surface area contributed by atoms with Gasteiger partial charge in [0.25, 0.3) is 0 Å². The van der Waals surface area contributed by atoms with E-state index in [1.807, 2.05) is 11.8 Å². The number of hydrogen-bond donors (Lipinski definition) is 3. The lowest BCUT2D eigenvalue weighted by Crippen LogP contribution is -2.53. The third-order valence-electron chi connectivity index (χ3n) is 4.44. The lowest BCUT2D eigenvalue weighted by Gasteiger charge is -2.35. The zero-order chi connectivity index (χ0) is 18.1. The average Bonchev–Trinajstić information content (AvgIpc) is 2.54. The molecule has 138 valence electrons. The molecule has 7 heteroatoms. The molecular formula is C17H32N4O3. The van der Waals surface area contributed by atoms with Crippen molar-refractivity contribution in [2.75, 3.05) is 19.6 Å². The SMILES string of the molecule is CCC[C@H](C)NC(=O)[C@@H]1CCCN([C@H](C)C(=O)NC(=O)NCC)C1. The van der Waals surface area contributed by atoms with Crippen molar-refractivity contribution < 1.29 is 14.4 Å². The zero-order valence-electron chi connectivity index (χ0n) is 15.4.